The van der Waals surface area contributed by atoms with Crippen LogP contribution in [0.3, 0.4) is 0 Å². The molecule has 0 bridgehead atoms. The Bertz CT molecular complexity index is 721. The van der Waals surface area contributed by atoms with E-state index >= 15 is 0 Å². The van der Waals surface area contributed by atoms with Crippen molar-refractivity contribution in [1.82, 2.24) is 20.0 Å². The van der Waals surface area contributed by atoms with Gasteiger partial charge in [0.05, 0.1) is 11.7 Å². The van der Waals surface area contributed by atoms with E-state index in [9.17, 15) is 9.59 Å². The third-order valence-corrected chi connectivity index (χ3v) is 3.53. The van der Waals surface area contributed by atoms with Gasteiger partial charge in [-0.1, -0.05) is 6.07 Å². The van der Waals surface area contributed by atoms with Crippen molar-refractivity contribution in [2.24, 2.45) is 0 Å². The smallest absolute Gasteiger partial charge is 0.258 e. The van der Waals surface area contributed by atoms with Crippen molar-refractivity contribution in [2.75, 3.05) is 0 Å². The minimum atomic E-state index is -0.304. The topological polar surface area (TPSA) is 75.5 Å². The second-order valence-electron chi connectivity index (χ2n) is 5.40. The highest BCUT2D eigenvalue weighted by Gasteiger charge is 2.25. The molecule has 6 heteroatoms. The van der Waals surface area contributed by atoms with Gasteiger partial charge in [0.25, 0.3) is 5.56 Å². The number of hydrogen-bond acceptors (Lipinski definition) is 4. The van der Waals surface area contributed by atoms with Crippen molar-refractivity contribution in [3.8, 4) is 0 Å². The molecule has 0 aliphatic heterocycles. The monoisotopic (exact) mass is 286 g/mol. The van der Waals surface area contributed by atoms with Gasteiger partial charge >= 0.3 is 0 Å². The number of nitrogens with zero attached hydrogens (tertiary/aromatic N) is 2. The van der Waals surface area contributed by atoms with Gasteiger partial charge in [-0.3, -0.25) is 14.0 Å². The normalized spacial score (nSPS) is 15.9. The highest BCUT2D eigenvalue weighted by Crippen LogP contribution is 2.18. The summed E-state index contributed by atoms with van der Waals surface area (Å²) in [5, 5.41) is 6.04. The van der Waals surface area contributed by atoms with Gasteiger partial charge in [-0.05, 0) is 31.9 Å². The van der Waals surface area contributed by atoms with Crippen LogP contribution in [0.4, 0.5) is 0 Å². The second kappa shape index (κ2) is 5.65. The molecule has 2 aromatic heterocycles. The second-order valence-corrected chi connectivity index (χ2v) is 5.40. The number of pyridine rings is 1. The highest BCUT2D eigenvalue weighted by molar-refractivity contribution is 5.81. The van der Waals surface area contributed by atoms with E-state index < -0.39 is 0 Å². The van der Waals surface area contributed by atoms with E-state index in [-0.39, 0.29) is 17.5 Å². The molecule has 0 aromatic carbocycles. The molecule has 1 saturated carbocycles. The highest BCUT2D eigenvalue weighted by atomic mass is 16.2. The molecule has 0 saturated heterocycles. The number of nitrogens with one attached hydrogen (secondary N) is 2. The van der Waals surface area contributed by atoms with Gasteiger partial charge in [-0.15, -0.1) is 0 Å². The summed E-state index contributed by atoms with van der Waals surface area (Å²) >= 11 is 0. The molecule has 1 fully saturated rings. The zero-order chi connectivity index (χ0) is 14.8. The Balaban J connectivity index is 1.67. The summed E-state index contributed by atoms with van der Waals surface area (Å²) in [6.45, 7) is 2.20. The molecule has 2 heterocycles. The average Bonchev–Trinajstić information content (AvgIpc) is 3.28. The molecule has 110 valence electrons. The molecule has 1 atom stereocenters. The summed E-state index contributed by atoms with van der Waals surface area (Å²) in [6, 6.07) is 6.95. The van der Waals surface area contributed by atoms with Crippen LogP contribution < -0.4 is 16.2 Å². The molecular formula is C15H18N4O2. The van der Waals surface area contributed by atoms with Crippen LogP contribution in [0, 0.1) is 0 Å². The van der Waals surface area contributed by atoms with Crippen molar-refractivity contribution in [2.45, 2.75) is 38.4 Å². The minimum absolute atomic E-state index is 0.00462. The first-order valence-corrected chi connectivity index (χ1v) is 7.14. The Morgan fingerprint density at radius 1 is 1.48 bits per heavy atom. The molecule has 0 spiro atoms. The molecule has 3 rings (SSSR count). The summed E-state index contributed by atoms with van der Waals surface area (Å²) < 4.78 is 1.49. The van der Waals surface area contributed by atoms with Gasteiger partial charge < -0.3 is 10.6 Å². The molecule has 1 unspecified atom stereocenters. The van der Waals surface area contributed by atoms with Gasteiger partial charge in [0.1, 0.15) is 5.65 Å². The molecule has 1 aliphatic carbocycles. The van der Waals surface area contributed by atoms with Crippen LogP contribution in [0.5, 0.6) is 0 Å². The number of hydrogen-bond donors (Lipinski definition) is 2. The lowest BCUT2D eigenvalue weighted by Gasteiger charge is -2.13. The van der Waals surface area contributed by atoms with E-state index in [0.29, 0.717) is 23.9 Å². The maximum Gasteiger partial charge on any atom is 0.258 e. The lowest BCUT2D eigenvalue weighted by Crippen LogP contribution is -2.42. The molecule has 1 aliphatic rings. The van der Waals surface area contributed by atoms with Crippen LogP contribution in [-0.2, 0) is 11.3 Å². The number of rotatable bonds is 5. The summed E-state index contributed by atoms with van der Waals surface area (Å²) in [7, 11) is 0. The van der Waals surface area contributed by atoms with Crippen molar-refractivity contribution in [3.05, 3.63) is 46.5 Å². The van der Waals surface area contributed by atoms with Crippen LogP contribution in [0.15, 0.2) is 35.3 Å². The first kappa shape index (κ1) is 13.8. The van der Waals surface area contributed by atoms with E-state index in [4.69, 9.17) is 0 Å². The van der Waals surface area contributed by atoms with E-state index in [1.54, 1.807) is 18.3 Å². The first-order valence-electron chi connectivity index (χ1n) is 7.14. The van der Waals surface area contributed by atoms with Gasteiger partial charge in [0.2, 0.25) is 5.91 Å². The molecular weight excluding hydrogens is 268 g/mol. The Morgan fingerprint density at radius 3 is 3.05 bits per heavy atom. The van der Waals surface area contributed by atoms with Gasteiger partial charge in [0, 0.05) is 24.8 Å². The van der Waals surface area contributed by atoms with E-state index in [1.807, 2.05) is 13.0 Å². The molecule has 2 N–H and O–H groups in total. The van der Waals surface area contributed by atoms with Crippen LogP contribution in [-0.4, -0.2) is 27.4 Å². The molecule has 2 aromatic rings. The quantitative estimate of drug-likeness (QED) is 0.837. The lowest BCUT2D eigenvalue weighted by molar-refractivity contribution is -0.122. The van der Waals surface area contributed by atoms with Gasteiger partial charge in [0.15, 0.2) is 0 Å². The van der Waals surface area contributed by atoms with E-state index in [1.165, 1.54) is 10.5 Å². The number of carbonyl (C=O) groups excluding carboxylic acids is 1. The molecule has 6 nitrogen and oxygen atoms in total. The number of amides is 1. The Hall–Kier alpha value is -2.21. The summed E-state index contributed by atoms with van der Waals surface area (Å²) in [6.07, 6.45) is 3.83. The lowest BCUT2D eigenvalue weighted by atomic mass is 10.3. The Morgan fingerprint density at radius 2 is 2.29 bits per heavy atom. The standard InChI is InChI=1S/C15H18N4O2/c1-10(15(21)18-11-5-6-11)16-9-12-8-14(20)19-7-3-2-4-13(19)17-12/h2-4,7-8,10-11,16H,5-6,9H2,1H3,(H,18,21). The maximum absolute atomic E-state index is 11.9. The summed E-state index contributed by atoms with van der Waals surface area (Å²) in [5.41, 5.74) is 1.13. The van der Waals surface area contributed by atoms with Crippen LogP contribution in [0.2, 0.25) is 0 Å². The van der Waals surface area contributed by atoms with Crippen molar-refractivity contribution >= 4 is 11.6 Å². The maximum atomic E-state index is 11.9. The van der Waals surface area contributed by atoms with Crippen LogP contribution in [0.25, 0.3) is 5.65 Å². The van der Waals surface area contributed by atoms with Crippen LogP contribution in [0.1, 0.15) is 25.5 Å². The van der Waals surface area contributed by atoms with E-state index in [2.05, 4.69) is 15.6 Å². The third-order valence-electron chi connectivity index (χ3n) is 3.53. The van der Waals surface area contributed by atoms with Gasteiger partial charge in [-0.25, -0.2) is 4.98 Å². The first-order chi connectivity index (χ1) is 10.1. The average molecular weight is 286 g/mol. The number of aromatic nitrogens is 2. The van der Waals surface area contributed by atoms with Crippen molar-refractivity contribution in [1.29, 1.82) is 0 Å². The van der Waals surface area contributed by atoms with Crippen molar-refractivity contribution in [3.63, 3.8) is 0 Å². The molecule has 1 amide bonds. The van der Waals surface area contributed by atoms with Crippen molar-refractivity contribution < 1.29 is 4.79 Å². The fourth-order valence-electron chi connectivity index (χ4n) is 2.10. The minimum Gasteiger partial charge on any atom is -0.352 e. The molecule has 0 radical (unpaired) electrons. The largest absolute Gasteiger partial charge is 0.352 e. The fraction of sp³-hybridized carbons (Fsp3) is 0.400. The Kier molecular flexibility index (Phi) is 3.70. The number of carbonyl (C=O) groups is 1. The summed E-state index contributed by atoms with van der Waals surface area (Å²) in [4.78, 5) is 28.2. The SMILES string of the molecule is CC(NCc1cc(=O)n2ccccc2n1)C(=O)NC1CC1. The zero-order valence-electron chi connectivity index (χ0n) is 11.9. The van der Waals surface area contributed by atoms with Crippen LogP contribution >= 0.6 is 0 Å². The zero-order valence-corrected chi connectivity index (χ0v) is 11.9. The number of fused-ring (bicyclic) bond motifs is 1. The predicted octanol–water partition coefficient (Wildman–Crippen LogP) is 0.451. The summed E-state index contributed by atoms with van der Waals surface area (Å²) in [5.74, 6) is -0.00462. The predicted molar refractivity (Wildman–Crippen MR) is 78.9 cm³/mol. The molecule has 21 heavy (non-hydrogen) atoms. The fourth-order valence-corrected chi connectivity index (χ4v) is 2.10. The Labute approximate surface area is 122 Å². The third kappa shape index (κ3) is 3.28. The van der Waals surface area contributed by atoms with E-state index in [0.717, 1.165) is 12.8 Å². The van der Waals surface area contributed by atoms with Gasteiger partial charge in [-0.2, -0.15) is 0 Å².